The third-order valence-corrected chi connectivity index (χ3v) is 4.06. The van der Waals surface area contributed by atoms with Crippen molar-refractivity contribution in [2.24, 2.45) is 0 Å². The quantitative estimate of drug-likeness (QED) is 0.749. The van der Waals surface area contributed by atoms with E-state index in [1.165, 1.54) is 21.7 Å². The van der Waals surface area contributed by atoms with Crippen molar-refractivity contribution in [3.8, 4) is 0 Å². The number of aryl methyl sites for hydroxylation is 2. The van der Waals surface area contributed by atoms with Crippen molar-refractivity contribution in [3.05, 3.63) is 62.3 Å². The van der Waals surface area contributed by atoms with Crippen molar-refractivity contribution in [1.29, 1.82) is 0 Å². The number of H-pyrrole nitrogens is 1. The third-order valence-electron chi connectivity index (χ3n) is 4.06. The first-order valence-corrected chi connectivity index (χ1v) is 8.34. The Balaban J connectivity index is 1.96. The Morgan fingerprint density at radius 3 is 2.77 bits per heavy atom. The summed E-state index contributed by atoms with van der Waals surface area (Å²) in [6, 6.07) is 5.11. The molecule has 3 heterocycles. The maximum absolute atomic E-state index is 12.7. The molecule has 3 aromatic rings. The fraction of sp³-hybridized carbons (Fsp3) is 0.333. The topological polar surface area (TPSA) is 101 Å². The molecule has 3 rings (SSSR count). The first-order chi connectivity index (χ1) is 12.4. The lowest BCUT2D eigenvalue weighted by atomic mass is 10.2. The average molecular weight is 356 g/mol. The number of fused-ring (bicyclic) bond motifs is 1. The molecule has 0 fully saturated rings. The van der Waals surface area contributed by atoms with Crippen LogP contribution in [0.5, 0.6) is 0 Å². The van der Waals surface area contributed by atoms with Crippen LogP contribution in [0.1, 0.15) is 35.2 Å². The Morgan fingerprint density at radius 1 is 1.35 bits per heavy atom. The van der Waals surface area contributed by atoms with Crippen LogP contribution in [0.2, 0.25) is 0 Å². The maximum Gasteiger partial charge on any atom is 0.329 e. The highest BCUT2D eigenvalue weighted by atomic mass is 16.3. The largest absolute Gasteiger partial charge is 0.464 e. The number of nitrogens with zero attached hydrogens (tertiary/aromatic N) is 3. The van der Waals surface area contributed by atoms with Gasteiger partial charge in [-0.15, -0.1) is 0 Å². The molecule has 0 saturated heterocycles. The third kappa shape index (κ3) is 3.30. The minimum absolute atomic E-state index is 0.214. The molecule has 0 aliphatic heterocycles. The van der Waals surface area contributed by atoms with Gasteiger partial charge in [0.1, 0.15) is 17.2 Å². The van der Waals surface area contributed by atoms with Gasteiger partial charge in [0.05, 0.1) is 17.5 Å². The highest BCUT2D eigenvalue weighted by molar-refractivity contribution is 5.96. The number of aromatic amines is 1. The smallest absolute Gasteiger partial charge is 0.329 e. The van der Waals surface area contributed by atoms with Crippen LogP contribution in [0, 0.1) is 6.92 Å². The van der Waals surface area contributed by atoms with E-state index >= 15 is 0 Å². The van der Waals surface area contributed by atoms with Gasteiger partial charge < -0.3 is 9.32 Å². The molecular weight excluding hydrogens is 336 g/mol. The Labute approximate surface area is 149 Å². The van der Waals surface area contributed by atoms with Crippen LogP contribution in [0.4, 0.5) is 0 Å². The summed E-state index contributed by atoms with van der Waals surface area (Å²) in [5.74, 6) is 1.15. The lowest BCUT2D eigenvalue weighted by molar-refractivity contribution is 0.0775. The number of hydrogen-bond acceptors (Lipinski definition) is 5. The Hall–Kier alpha value is -3.16. The highest BCUT2D eigenvalue weighted by Crippen LogP contribution is 2.13. The predicted molar refractivity (Wildman–Crippen MR) is 96.2 cm³/mol. The zero-order valence-corrected chi connectivity index (χ0v) is 14.9. The van der Waals surface area contributed by atoms with E-state index in [0.29, 0.717) is 25.3 Å². The molecule has 0 atom stereocenters. The number of rotatable bonds is 5. The first-order valence-electron chi connectivity index (χ1n) is 8.34. The molecule has 0 unspecified atom stereocenters. The fourth-order valence-corrected chi connectivity index (χ4v) is 2.81. The molecule has 0 bridgehead atoms. The summed E-state index contributed by atoms with van der Waals surface area (Å²) in [5.41, 5.74) is -0.498. The lowest BCUT2D eigenvalue weighted by Crippen LogP contribution is -2.31. The van der Waals surface area contributed by atoms with Gasteiger partial charge in [0.25, 0.3) is 11.5 Å². The molecule has 0 aliphatic rings. The number of carbonyl (C=O) groups excluding carboxylic acids is 1. The van der Waals surface area contributed by atoms with Crippen molar-refractivity contribution < 1.29 is 9.21 Å². The van der Waals surface area contributed by atoms with Crippen LogP contribution < -0.4 is 11.2 Å². The number of nitrogens with one attached hydrogen (secondary N) is 1. The molecule has 26 heavy (non-hydrogen) atoms. The monoisotopic (exact) mass is 356 g/mol. The van der Waals surface area contributed by atoms with E-state index in [1.807, 2.05) is 26.0 Å². The molecular formula is C18H20N4O4. The minimum atomic E-state index is -0.552. The predicted octanol–water partition coefficient (Wildman–Crippen LogP) is 1.67. The van der Waals surface area contributed by atoms with Gasteiger partial charge in [-0.05, 0) is 31.5 Å². The Morgan fingerprint density at radius 2 is 2.12 bits per heavy atom. The number of hydrogen-bond donors (Lipinski definition) is 1. The van der Waals surface area contributed by atoms with Crippen LogP contribution in [0.15, 0.2) is 38.4 Å². The number of amides is 1. The zero-order valence-electron chi connectivity index (χ0n) is 14.9. The molecule has 1 amide bonds. The van der Waals surface area contributed by atoms with Gasteiger partial charge >= 0.3 is 5.69 Å². The van der Waals surface area contributed by atoms with Gasteiger partial charge in [-0.1, -0.05) is 6.92 Å². The second-order valence-corrected chi connectivity index (χ2v) is 6.18. The summed E-state index contributed by atoms with van der Waals surface area (Å²) < 4.78 is 6.89. The molecule has 8 heteroatoms. The van der Waals surface area contributed by atoms with Crippen molar-refractivity contribution in [3.63, 3.8) is 0 Å². The Bertz CT molecular complexity index is 1080. The van der Waals surface area contributed by atoms with Gasteiger partial charge in [0.15, 0.2) is 0 Å². The van der Waals surface area contributed by atoms with E-state index in [4.69, 9.17) is 4.42 Å². The highest BCUT2D eigenvalue weighted by Gasteiger charge is 2.17. The molecule has 0 spiro atoms. The van der Waals surface area contributed by atoms with Crippen LogP contribution in [0.25, 0.3) is 11.0 Å². The van der Waals surface area contributed by atoms with Crippen molar-refractivity contribution >= 4 is 16.9 Å². The summed E-state index contributed by atoms with van der Waals surface area (Å²) in [6.07, 6.45) is 2.11. The summed E-state index contributed by atoms with van der Waals surface area (Å²) in [5, 5.41) is 0.214. The number of furan rings is 1. The lowest BCUT2D eigenvalue weighted by Gasteiger charge is -2.16. The van der Waals surface area contributed by atoms with Crippen LogP contribution in [-0.4, -0.2) is 32.4 Å². The van der Waals surface area contributed by atoms with Crippen LogP contribution in [-0.2, 0) is 13.1 Å². The van der Waals surface area contributed by atoms with Gasteiger partial charge in [0, 0.05) is 19.8 Å². The second-order valence-electron chi connectivity index (χ2n) is 6.18. The molecule has 3 aromatic heterocycles. The molecule has 0 aliphatic carbocycles. The van der Waals surface area contributed by atoms with E-state index < -0.39 is 11.2 Å². The van der Waals surface area contributed by atoms with Gasteiger partial charge in [0.2, 0.25) is 0 Å². The second kappa shape index (κ2) is 6.99. The summed E-state index contributed by atoms with van der Waals surface area (Å²) >= 11 is 0. The molecule has 136 valence electrons. The average Bonchev–Trinajstić information content (AvgIpc) is 3.02. The zero-order chi connectivity index (χ0) is 18.8. The minimum Gasteiger partial charge on any atom is -0.464 e. The van der Waals surface area contributed by atoms with Crippen molar-refractivity contribution in [1.82, 2.24) is 19.4 Å². The van der Waals surface area contributed by atoms with Gasteiger partial charge in [-0.2, -0.15) is 0 Å². The molecule has 1 N–H and O–H groups in total. The van der Waals surface area contributed by atoms with E-state index in [-0.39, 0.29) is 22.5 Å². The first kappa shape index (κ1) is 17.7. The fourth-order valence-electron chi connectivity index (χ4n) is 2.81. The van der Waals surface area contributed by atoms with E-state index in [1.54, 1.807) is 7.05 Å². The van der Waals surface area contributed by atoms with Crippen molar-refractivity contribution in [2.45, 2.75) is 33.4 Å². The summed E-state index contributed by atoms with van der Waals surface area (Å²) in [6.45, 7) is 4.49. The molecule has 0 saturated carbocycles. The normalized spacial score (nSPS) is 11.0. The van der Waals surface area contributed by atoms with Crippen LogP contribution >= 0.6 is 0 Å². The van der Waals surface area contributed by atoms with E-state index in [2.05, 4.69) is 9.97 Å². The van der Waals surface area contributed by atoms with Crippen LogP contribution in [0.3, 0.4) is 0 Å². The van der Waals surface area contributed by atoms with E-state index in [0.717, 1.165) is 5.76 Å². The van der Waals surface area contributed by atoms with Crippen molar-refractivity contribution in [2.75, 3.05) is 7.05 Å². The summed E-state index contributed by atoms with van der Waals surface area (Å²) in [7, 11) is 1.65. The summed E-state index contributed by atoms with van der Waals surface area (Å²) in [4.78, 5) is 44.7. The molecule has 0 radical (unpaired) electrons. The number of pyridine rings is 1. The van der Waals surface area contributed by atoms with Gasteiger partial charge in [-0.25, -0.2) is 9.78 Å². The maximum atomic E-state index is 12.7. The SMILES string of the molecule is CCCn1c(=O)[nH]c(=O)c2cc(C(=O)N(C)Cc3ccc(C)o3)cnc21. The number of carbonyl (C=O) groups is 1. The number of aromatic nitrogens is 3. The van der Waals surface area contributed by atoms with E-state index in [9.17, 15) is 14.4 Å². The molecule has 0 aromatic carbocycles. The van der Waals surface area contributed by atoms with Gasteiger partial charge in [-0.3, -0.25) is 19.1 Å². The Kier molecular flexibility index (Phi) is 4.75. The molecule has 8 nitrogen and oxygen atoms in total. The standard InChI is InChI=1S/C18H20N4O4/c1-4-7-22-15-14(16(23)20-18(22)25)8-12(9-19-15)17(24)21(3)10-13-6-5-11(2)26-13/h5-6,8-9H,4,7,10H2,1-3H3,(H,20,23,25).